The highest BCUT2D eigenvalue weighted by atomic mass is 16.5. The SMILES string of the molecule is CCNC(=NCCCCCCC(=O)OC)N1CC(C)(C)C1(C)C. The smallest absolute Gasteiger partial charge is 0.305 e. The summed E-state index contributed by atoms with van der Waals surface area (Å²) in [6.45, 7) is 14.1. The van der Waals surface area contributed by atoms with E-state index in [9.17, 15) is 4.79 Å². The molecule has 5 nitrogen and oxygen atoms in total. The highest BCUT2D eigenvalue weighted by molar-refractivity contribution is 5.82. The average molecular weight is 325 g/mol. The topological polar surface area (TPSA) is 53.9 Å². The van der Waals surface area contributed by atoms with Gasteiger partial charge in [0.25, 0.3) is 0 Å². The second-order valence-corrected chi connectivity index (χ2v) is 7.51. The van der Waals surface area contributed by atoms with Crippen molar-refractivity contribution in [3.63, 3.8) is 0 Å². The summed E-state index contributed by atoms with van der Waals surface area (Å²) in [5.41, 5.74) is 0.450. The second kappa shape index (κ2) is 8.55. The van der Waals surface area contributed by atoms with Crippen LogP contribution in [0.4, 0.5) is 0 Å². The Hall–Kier alpha value is -1.26. The Labute approximate surface area is 141 Å². The Balaban J connectivity index is 2.35. The van der Waals surface area contributed by atoms with E-state index in [1.165, 1.54) is 7.11 Å². The largest absolute Gasteiger partial charge is 0.469 e. The van der Waals surface area contributed by atoms with Crippen molar-refractivity contribution in [1.29, 1.82) is 0 Å². The highest BCUT2D eigenvalue weighted by Crippen LogP contribution is 2.46. The number of methoxy groups -OCH3 is 1. The molecule has 0 aromatic heterocycles. The number of likely N-dealkylation sites (tertiary alicyclic amines) is 1. The van der Waals surface area contributed by atoms with Gasteiger partial charge in [-0.1, -0.05) is 26.7 Å². The molecule has 1 fully saturated rings. The summed E-state index contributed by atoms with van der Waals surface area (Å²) in [5, 5.41) is 3.42. The molecule has 0 atom stereocenters. The van der Waals surface area contributed by atoms with Crippen molar-refractivity contribution in [2.24, 2.45) is 10.4 Å². The van der Waals surface area contributed by atoms with E-state index in [2.05, 4.69) is 49.6 Å². The molecule has 0 saturated carbocycles. The van der Waals surface area contributed by atoms with Gasteiger partial charge in [0, 0.05) is 37.0 Å². The van der Waals surface area contributed by atoms with E-state index >= 15 is 0 Å². The molecule has 134 valence electrons. The molecule has 0 aromatic carbocycles. The normalized spacial score (nSPS) is 19.2. The molecule has 1 heterocycles. The number of nitrogens with zero attached hydrogens (tertiary/aromatic N) is 2. The molecule has 0 bridgehead atoms. The summed E-state index contributed by atoms with van der Waals surface area (Å²) >= 11 is 0. The van der Waals surface area contributed by atoms with E-state index in [1.54, 1.807) is 0 Å². The van der Waals surface area contributed by atoms with Crippen LogP contribution < -0.4 is 5.32 Å². The lowest BCUT2D eigenvalue weighted by Gasteiger charge is -2.62. The molecular formula is C18H35N3O2. The molecule has 5 heteroatoms. The van der Waals surface area contributed by atoms with E-state index in [4.69, 9.17) is 4.99 Å². The highest BCUT2D eigenvalue weighted by Gasteiger charge is 2.53. The fraction of sp³-hybridized carbons (Fsp3) is 0.889. The summed E-state index contributed by atoms with van der Waals surface area (Å²) in [4.78, 5) is 18.2. The number of esters is 1. The molecule has 23 heavy (non-hydrogen) atoms. The first-order chi connectivity index (χ1) is 10.8. The maximum absolute atomic E-state index is 11.0. The van der Waals surface area contributed by atoms with Gasteiger partial charge in [-0.25, -0.2) is 0 Å². The van der Waals surface area contributed by atoms with E-state index in [1.807, 2.05) is 0 Å². The van der Waals surface area contributed by atoms with E-state index in [0.717, 1.165) is 51.3 Å². The third-order valence-corrected chi connectivity index (χ3v) is 5.25. The van der Waals surface area contributed by atoms with Gasteiger partial charge in [0.05, 0.1) is 7.11 Å². The molecule has 0 aliphatic carbocycles. The minimum Gasteiger partial charge on any atom is -0.469 e. The van der Waals surface area contributed by atoms with Gasteiger partial charge in [-0.2, -0.15) is 0 Å². The van der Waals surface area contributed by atoms with Crippen molar-refractivity contribution in [1.82, 2.24) is 10.2 Å². The number of ether oxygens (including phenoxy) is 1. The minimum absolute atomic E-state index is 0.111. The first-order valence-corrected chi connectivity index (χ1v) is 8.89. The van der Waals surface area contributed by atoms with Crippen LogP contribution in [0.5, 0.6) is 0 Å². The summed E-state index contributed by atoms with van der Waals surface area (Å²) in [7, 11) is 1.44. The fourth-order valence-electron chi connectivity index (χ4n) is 2.82. The Bertz CT molecular complexity index is 416. The lowest BCUT2D eigenvalue weighted by Crippen LogP contribution is -2.72. The van der Waals surface area contributed by atoms with Crippen molar-refractivity contribution < 1.29 is 9.53 Å². The number of carbonyl (C=O) groups excluding carboxylic acids is 1. The lowest BCUT2D eigenvalue weighted by molar-refractivity contribution is -0.140. The summed E-state index contributed by atoms with van der Waals surface area (Å²) in [6, 6.07) is 0. The second-order valence-electron chi connectivity index (χ2n) is 7.51. The van der Waals surface area contributed by atoms with Crippen LogP contribution in [0, 0.1) is 5.41 Å². The zero-order chi connectivity index (χ0) is 17.5. The van der Waals surface area contributed by atoms with Gasteiger partial charge >= 0.3 is 5.97 Å². The molecule has 0 spiro atoms. The van der Waals surface area contributed by atoms with Crippen molar-refractivity contribution in [3.8, 4) is 0 Å². The molecule has 1 aliphatic rings. The van der Waals surface area contributed by atoms with Gasteiger partial charge < -0.3 is 15.0 Å². The van der Waals surface area contributed by atoms with Crippen LogP contribution in [0.25, 0.3) is 0 Å². The molecule has 1 saturated heterocycles. The Morgan fingerprint density at radius 1 is 1.17 bits per heavy atom. The van der Waals surface area contributed by atoms with E-state index < -0.39 is 0 Å². The molecule has 1 rings (SSSR count). The predicted molar refractivity (Wildman–Crippen MR) is 95.6 cm³/mol. The quantitative estimate of drug-likeness (QED) is 0.322. The predicted octanol–water partition coefficient (Wildman–Crippen LogP) is 3.20. The number of guanidine groups is 1. The van der Waals surface area contributed by atoms with Gasteiger partial charge in [-0.05, 0) is 33.6 Å². The number of hydrogen-bond acceptors (Lipinski definition) is 3. The Morgan fingerprint density at radius 3 is 2.35 bits per heavy atom. The molecule has 1 aliphatic heterocycles. The van der Waals surface area contributed by atoms with Crippen molar-refractivity contribution in [2.75, 3.05) is 26.7 Å². The number of hydrogen-bond donors (Lipinski definition) is 1. The van der Waals surface area contributed by atoms with Crippen LogP contribution >= 0.6 is 0 Å². The molecule has 0 radical (unpaired) electrons. The number of carbonyl (C=O) groups is 1. The van der Waals surface area contributed by atoms with Crippen LogP contribution in [-0.2, 0) is 9.53 Å². The number of aliphatic imine (C=N–C) groups is 1. The number of nitrogens with one attached hydrogen (secondary N) is 1. The van der Waals surface area contributed by atoms with Crippen LogP contribution in [0.2, 0.25) is 0 Å². The molecular weight excluding hydrogens is 290 g/mol. The molecule has 0 amide bonds. The van der Waals surface area contributed by atoms with Crippen molar-refractivity contribution in [2.45, 2.75) is 72.3 Å². The van der Waals surface area contributed by atoms with Crippen molar-refractivity contribution >= 4 is 11.9 Å². The summed E-state index contributed by atoms with van der Waals surface area (Å²) < 4.78 is 4.64. The molecule has 0 aromatic rings. The third kappa shape index (κ3) is 5.11. The summed E-state index contributed by atoms with van der Waals surface area (Å²) in [5.74, 6) is 0.923. The van der Waals surface area contributed by atoms with Gasteiger partial charge in [-0.3, -0.25) is 9.79 Å². The third-order valence-electron chi connectivity index (χ3n) is 5.25. The first-order valence-electron chi connectivity index (χ1n) is 8.89. The van der Waals surface area contributed by atoms with E-state index in [-0.39, 0.29) is 11.5 Å². The average Bonchev–Trinajstić information content (AvgIpc) is 2.50. The Morgan fingerprint density at radius 2 is 1.83 bits per heavy atom. The van der Waals surface area contributed by atoms with Gasteiger partial charge in [0.1, 0.15) is 0 Å². The van der Waals surface area contributed by atoms with Gasteiger partial charge in [0.2, 0.25) is 0 Å². The van der Waals surface area contributed by atoms with Crippen LogP contribution in [-0.4, -0.2) is 49.1 Å². The van der Waals surface area contributed by atoms with E-state index in [0.29, 0.717) is 11.8 Å². The van der Waals surface area contributed by atoms with Crippen LogP contribution in [0.15, 0.2) is 4.99 Å². The molecule has 1 N–H and O–H groups in total. The lowest BCUT2D eigenvalue weighted by atomic mass is 9.65. The fourth-order valence-corrected chi connectivity index (χ4v) is 2.82. The monoisotopic (exact) mass is 325 g/mol. The zero-order valence-electron chi connectivity index (χ0n) is 15.9. The molecule has 0 unspecified atom stereocenters. The standard InChI is InChI=1S/C18H35N3O2/c1-7-19-16(21-14-17(2,3)18(21,4)5)20-13-11-9-8-10-12-15(22)23-6/h7-14H2,1-6H3,(H,19,20). The first kappa shape index (κ1) is 19.8. The van der Waals surface area contributed by atoms with Gasteiger partial charge in [-0.15, -0.1) is 0 Å². The maximum Gasteiger partial charge on any atom is 0.305 e. The van der Waals surface area contributed by atoms with Crippen molar-refractivity contribution in [3.05, 3.63) is 0 Å². The Kier molecular flexibility index (Phi) is 7.36. The summed E-state index contributed by atoms with van der Waals surface area (Å²) in [6.07, 6.45) is 4.66. The van der Waals surface area contributed by atoms with Crippen LogP contribution in [0.3, 0.4) is 0 Å². The zero-order valence-corrected chi connectivity index (χ0v) is 15.9. The minimum atomic E-state index is -0.111. The number of unbranched alkanes of at least 4 members (excludes halogenated alkanes) is 3. The van der Waals surface area contributed by atoms with Gasteiger partial charge in [0.15, 0.2) is 5.96 Å². The van der Waals surface area contributed by atoms with Crippen LogP contribution in [0.1, 0.15) is 66.7 Å². The number of rotatable bonds is 8. The maximum atomic E-state index is 11.0.